The Balaban J connectivity index is 2.01. The van der Waals surface area contributed by atoms with Gasteiger partial charge in [0.2, 0.25) is 11.8 Å². The molecule has 0 aliphatic heterocycles. The van der Waals surface area contributed by atoms with E-state index in [4.69, 9.17) is 4.74 Å². The van der Waals surface area contributed by atoms with Crippen LogP contribution in [0.4, 0.5) is 5.95 Å². The maximum absolute atomic E-state index is 5.61. The summed E-state index contributed by atoms with van der Waals surface area (Å²) in [7, 11) is 0. The molecule has 4 nitrogen and oxygen atoms in total. The summed E-state index contributed by atoms with van der Waals surface area (Å²) in [5, 5.41) is 3.49. The van der Waals surface area contributed by atoms with E-state index < -0.39 is 0 Å². The summed E-state index contributed by atoms with van der Waals surface area (Å²) in [6, 6.07) is 2.32. The molecule has 19 heavy (non-hydrogen) atoms. The Labute approximate surface area is 116 Å². The fourth-order valence-corrected chi connectivity index (χ4v) is 2.77. The molecule has 1 aromatic rings. The van der Waals surface area contributed by atoms with Gasteiger partial charge in [-0.1, -0.05) is 26.2 Å². The molecular formula is C15H25N3O. The zero-order chi connectivity index (χ0) is 13.7. The van der Waals surface area contributed by atoms with Gasteiger partial charge in [0.25, 0.3) is 0 Å². The molecule has 0 spiro atoms. The molecule has 4 heteroatoms. The van der Waals surface area contributed by atoms with Crippen molar-refractivity contribution < 1.29 is 4.74 Å². The zero-order valence-corrected chi connectivity index (χ0v) is 12.2. The standard InChI is InChI=1S/C15H25N3O/c1-4-12-7-5-6-8-13(12)17-15-16-10-9-14(18-15)19-11(2)3/h9-13H,4-8H2,1-3H3,(H,16,17,18). The van der Waals surface area contributed by atoms with Crippen molar-refractivity contribution in [2.24, 2.45) is 5.92 Å². The number of anilines is 1. The van der Waals surface area contributed by atoms with E-state index in [1.807, 2.05) is 19.9 Å². The van der Waals surface area contributed by atoms with Gasteiger partial charge in [-0.25, -0.2) is 4.98 Å². The van der Waals surface area contributed by atoms with Crippen molar-refractivity contribution in [2.45, 2.75) is 65.0 Å². The predicted octanol–water partition coefficient (Wildman–Crippen LogP) is 3.64. The smallest absolute Gasteiger partial charge is 0.226 e. The predicted molar refractivity (Wildman–Crippen MR) is 77.5 cm³/mol. The fourth-order valence-electron chi connectivity index (χ4n) is 2.77. The van der Waals surface area contributed by atoms with E-state index in [-0.39, 0.29) is 6.10 Å². The molecule has 2 rings (SSSR count). The first-order valence-corrected chi connectivity index (χ1v) is 7.45. The van der Waals surface area contributed by atoms with Crippen molar-refractivity contribution in [3.63, 3.8) is 0 Å². The van der Waals surface area contributed by atoms with E-state index in [1.165, 1.54) is 32.1 Å². The summed E-state index contributed by atoms with van der Waals surface area (Å²) >= 11 is 0. The molecule has 106 valence electrons. The van der Waals surface area contributed by atoms with E-state index in [1.54, 1.807) is 6.20 Å². The molecule has 2 unspecified atom stereocenters. The van der Waals surface area contributed by atoms with Gasteiger partial charge in [0, 0.05) is 18.3 Å². The summed E-state index contributed by atoms with van der Waals surface area (Å²) in [6.07, 6.45) is 8.31. The monoisotopic (exact) mass is 263 g/mol. The maximum atomic E-state index is 5.61. The van der Waals surface area contributed by atoms with Gasteiger partial charge in [-0.05, 0) is 32.6 Å². The van der Waals surface area contributed by atoms with Gasteiger partial charge >= 0.3 is 0 Å². The second-order valence-corrected chi connectivity index (χ2v) is 5.59. The molecule has 0 radical (unpaired) electrons. The number of hydrogen-bond acceptors (Lipinski definition) is 4. The summed E-state index contributed by atoms with van der Waals surface area (Å²) in [5.41, 5.74) is 0. The van der Waals surface area contributed by atoms with E-state index in [9.17, 15) is 0 Å². The van der Waals surface area contributed by atoms with Crippen LogP contribution in [0.15, 0.2) is 12.3 Å². The van der Waals surface area contributed by atoms with E-state index >= 15 is 0 Å². The molecule has 1 aromatic heterocycles. The Kier molecular flexibility index (Phi) is 5.00. The van der Waals surface area contributed by atoms with Crippen LogP contribution in [0, 0.1) is 5.92 Å². The molecule has 1 heterocycles. The first-order chi connectivity index (χ1) is 9.19. The minimum Gasteiger partial charge on any atom is -0.475 e. The molecule has 1 aliphatic carbocycles. The summed E-state index contributed by atoms with van der Waals surface area (Å²) in [6.45, 7) is 6.27. The molecule has 0 bridgehead atoms. The lowest BCUT2D eigenvalue weighted by atomic mass is 9.83. The highest BCUT2D eigenvalue weighted by Gasteiger charge is 2.24. The van der Waals surface area contributed by atoms with Crippen molar-refractivity contribution in [1.82, 2.24) is 9.97 Å². The second-order valence-electron chi connectivity index (χ2n) is 5.59. The second kappa shape index (κ2) is 6.73. The van der Waals surface area contributed by atoms with Crippen LogP contribution in [0.25, 0.3) is 0 Å². The Morgan fingerprint density at radius 3 is 2.89 bits per heavy atom. The van der Waals surface area contributed by atoms with Crippen LogP contribution in [0.2, 0.25) is 0 Å². The zero-order valence-electron chi connectivity index (χ0n) is 12.2. The van der Waals surface area contributed by atoms with Gasteiger partial charge in [0.1, 0.15) is 0 Å². The van der Waals surface area contributed by atoms with Crippen molar-refractivity contribution >= 4 is 5.95 Å². The van der Waals surface area contributed by atoms with Crippen molar-refractivity contribution in [3.8, 4) is 5.88 Å². The molecule has 1 N–H and O–H groups in total. The number of aromatic nitrogens is 2. The van der Waals surface area contributed by atoms with Gasteiger partial charge in [0.15, 0.2) is 0 Å². The van der Waals surface area contributed by atoms with Gasteiger partial charge in [0.05, 0.1) is 6.10 Å². The van der Waals surface area contributed by atoms with Gasteiger partial charge < -0.3 is 10.1 Å². The lowest BCUT2D eigenvalue weighted by Gasteiger charge is -2.31. The van der Waals surface area contributed by atoms with Gasteiger partial charge in [-0.2, -0.15) is 4.98 Å². The Bertz CT molecular complexity index is 395. The molecule has 0 saturated heterocycles. The molecule has 0 amide bonds. The lowest BCUT2D eigenvalue weighted by Crippen LogP contribution is -2.32. The minimum absolute atomic E-state index is 0.140. The van der Waals surface area contributed by atoms with Gasteiger partial charge in [-0.3, -0.25) is 0 Å². The largest absolute Gasteiger partial charge is 0.475 e. The number of nitrogens with one attached hydrogen (secondary N) is 1. The van der Waals surface area contributed by atoms with Crippen LogP contribution in [0.5, 0.6) is 5.88 Å². The summed E-state index contributed by atoms with van der Waals surface area (Å²) in [5.74, 6) is 2.09. The van der Waals surface area contributed by atoms with Crippen LogP contribution in [-0.4, -0.2) is 22.1 Å². The highest BCUT2D eigenvalue weighted by Crippen LogP contribution is 2.28. The van der Waals surface area contributed by atoms with Crippen LogP contribution in [0.1, 0.15) is 52.9 Å². The first-order valence-electron chi connectivity index (χ1n) is 7.45. The average Bonchev–Trinajstić information content (AvgIpc) is 2.39. The Morgan fingerprint density at radius 2 is 2.16 bits per heavy atom. The third-order valence-electron chi connectivity index (χ3n) is 3.73. The third kappa shape index (κ3) is 4.08. The van der Waals surface area contributed by atoms with Crippen LogP contribution < -0.4 is 10.1 Å². The van der Waals surface area contributed by atoms with Crippen molar-refractivity contribution in [3.05, 3.63) is 12.3 Å². The molecule has 1 saturated carbocycles. The van der Waals surface area contributed by atoms with Crippen molar-refractivity contribution in [1.29, 1.82) is 0 Å². The quantitative estimate of drug-likeness (QED) is 0.881. The number of nitrogens with zero attached hydrogens (tertiary/aromatic N) is 2. The fraction of sp³-hybridized carbons (Fsp3) is 0.733. The molecule has 1 fully saturated rings. The van der Waals surface area contributed by atoms with E-state index in [0.29, 0.717) is 17.9 Å². The van der Waals surface area contributed by atoms with Gasteiger partial charge in [-0.15, -0.1) is 0 Å². The average molecular weight is 263 g/mol. The SMILES string of the molecule is CCC1CCCCC1Nc1nccc(OC(C)C)n1. The van der Waals surface area contributed by atoms with Crippen LogP contribution >= 0.6 is 0 Å². The highest BCUT2D eigenvalue weighted by molar-refractivity contribution is 5.29. The number of rotatable bonds is 5. The highest BCUT2D eigenvalue weighted by atomic mass is 16.5. The maximum Gasteiger partial charge on any atom is 0.226 e. The van der Waals surface area contributed by atoms with Crippen LogP contribution in [-0.2, 0) is 0 Å². The topological polar surface area (TPSA) is 47.0 Å². The number of ether oxygens (including phenoxy) is 1. The minimum atomic E-state index is 0.140. The first kappa shape index (κ1) is 14.1. The molecule has 1 aliphatic rings. The Hall–Kier alpha value is -1.32. The van der Waals surface area contributed by atoms with E-state index in [0.717, 1.165) is 5.92 Å². The summed E-state index contributed by atoms with van der Waals surface area (Å²) in [4.78, 5) is 8.74. The Morgan fingerprint density at radius 1 is 1.37 bits per heavy atom. The van der Waals surface area contributed by atoms with Crippen molar-refractivity contribution in [2.75, 3.05) is 5.32 Å². The molecular weight excluding hydrogens is 238 g/mol. The number of hydrogen-bond donors (Lipinski definition) is 1. The lowest BCUT2D eigenvalue weighted by molar-refractivity contribution is 0.232. The molecule has 0 aromatic carbocycles. The van der Waals surface area contributed by atoms with Crippen LogP contribution in [0.3, 0.4) is 0 Å². The normalized spacial score (nSPS) is 23.4. The third-order valence-corrected chi connectivity index (χ3v) is 3.73. The summed E-state index contributed by atoms with van der Waals surface area (Å²) < 4.78 is 5.61. The van der Waals surface area contributed by atoms with E-state index in [2.05, 4.69) is 22.2 Å². The molecule has 2 atom stereocenters.